The van der Waals surface area contributed by atoms with E-state index in [9.17, 15) is 0 Å². The second-order valence-corrected chi connectivity index (χ2v) is 3.25. The molecule has 2 nitrogen and oxygen atoms in total. The maximum Gasteiger partial charge on any atom is 0.00686 e. The van der Waals surface area contributed by atoms with Crippen LogP contribution in [0.25, 0.3) is 0 Å². The fourth-order valence-electron chi connectivity index (χ4n) is 0.278. The van der Waals surface area contributed by atoms with Gasteiger partial charge < -0.3 is 10.7 Å². The molecule has 0 spiro atoms. The third kappa shape index (κ3) is 15.7. The lowest BCUT2D eigenvalue weighted by atomic mass is 10.1. The number of rotatable bonds is 0. The van der Waals surface area contributed by atoms with Crippen molar-refractivity contribution in [3.05, 3.63) is 24.5 Å². The van der Waals surface area contributed by atoms with Gasteiger partial charge in [0.15, 0.2) is 0 Å². The molecular formula is C8H16N2. The number of hydrogen-bond acceptors (Lipinski definition) is 1. The van der Waals surface area contributed by atoms with E-state index >= 15 is 0 Å². The van der Waals surface area contributed by atoms with Crippen molar-refractivity contribution in [1.82, 2.24) is 4.98 Å². The molecular weight excluding hydrogens is 124 g/mol. The first kappa shape index (κ1) is 9.24. The summed E-state index contributed by atoms with van der Waals surface area (Å²) in [7, 11) is 0. The van der Waals surface area contributed by atoms with E-state index in [1.165, 1.54) is 0 Å². The zero-order chi connectivity index (χ0) is 8.04. The normalized spacial score (nSPS) is 10.0. The van der Waals surface area contributed by atoms with Crippen molar-refractivity contribution in [2.45, 2.75) is 26.3 Å². The molecule has 3 N–H and O–H groups in total. The minimum absolute atomic E-state index is 0. The van der Waals surface area contributed by atoms with Gasteiger partial charge in [0, 0.05) is 17.9 Å². The van der Waals surface area contributed by atoms with Gasteiger partial charge >= 0.3 is 0 Å². The van der Waals surface area contributed by atoms with Crippen LogP contribution in [0.15, 0.2) is 24.5 Å². The lowest BCUT2D eigenvalue weighted by Crippen LogP contribution is -2.26. The zero-order valence-corrected chi connectivity index (χ0v) is 6.89. The number of H-pyrrole nitrogens is 1. The first-order valence-electron chi connectivity index (χ1n) is 3.37. The van der Waals surface area contributed by atoms with Crippen molar-refractivity contribution < 1.29 is 0 Å². The van der Waals surface area contributed by atoms with Gasteiger partial charge in [-0.1, -0.05) is 0 Å². The average molecular weight is 140 g/mol. The predicted octanol–water partition coefficient (Wildman–Crippen LogP) is 1.76. The Bertz CT molecular complexity index is 114. The summed E-state index contributed by atoms with van der Waals surface area (Å²) in [6, 6.07) is 3.89. The Morgan fingerprint density at radius 1 is 1.10 bits per heavy atom. The van der Waals surface area contributed by atoms with E-state index in [1.807, 2.05) is 45.3 Å². The minimum atomic E-state index is 0. The van der Waals surface area contributed by atoms with Gasteiger partial charge in [-0.2, -0.15) is 0 Å². The van der Waals surface area contributed by atoms with Gasteiger partial charge in [0.1, 0.15) is 0 Å². The molecule has 2 heteroatoms. The molecule has 0 amide bonds. The number of aromatic amines is 1. The lowest BCUT2D eigenvalue weighted by Gasteiger charge is -2.06. The Balaban J connectivity index is 0.000000162. The minimum Gasteiger partial charge on any atom is -0.368 e. The summed E-state index contributed by atoms with van der Waals surface area (Å²) in [4.78, 5) is 2.86. The van der Waals surface area contributed by atoms with E-state index < -0.39 is 0 Å². The molecule has 1 rings (SSSR count). The summed E-state index contributed by atoms with van der Waals surface area (Å²) in [5.41, 5.74) is 5.35. The Hall–Kier alpha value is -0.760. The van der Waals surface area contributed by atoms with Crippen molar-refractivity contribution in [1.29, 1.82) is 0 Å². The van der Waals surface area contributed by atoms with E-state index in [0.29, 0.717) is 0 Å². The highest BCUT2D eigenvalue weighted by Gasteiger charge is 1.95. The molecule has 0 aliphatic rings. The molecule has 0 fully saturated rings. The number of aromatic nitrogens is 1. The molecule has 0 aromatic carbocycles. The van der Waals surface area contributed by atoms with Crippen LogP contribution in [0.3, 0.4) is 0 Å². The first-order valence-corrected chi connectivity index (χ1v) is 3.37. The van der Waals surface area contributed by atoms with Crippen LogP contribution in [0.5, 0.6) is 0 Å². The van der Waals surface area contributed by atoms with E-state index in [4.69, 9.17) is 5.73 Å². The average Bonchev–Trinajstić information content (AvgIpc) is 2.07. The molecule has 10 heavy (non-hydrogen) atoms. The highest BCUT2D eigenvalue weighted by Crippen LogP contribution is 1.88. The zero-order valence-electron chi connectivity index (χ0n) is 6.89. The van der Waals surface area contributed by atoms with Crippen LogP contribution in [0.2, 0.25) is 0 Å². The summed E-state index contributed by atoms with van der Waals surface area (Å²) in [6.45, 7) is 5.90. The molecule has 1 aromatic heterocycles. The fraction of sp³-hybridized carbons (Fsp3) is 0.500. The van der Waals surface area contributed by atoms with E-state index in [1.54, 1.807) is 0 Å². The van der Waals surface area contributed by atoms with Gasteiger partial charge in [0.05, 0.1) is 0 Å². The molecule has 0 saturated carbocycles. The number of nitrogens with two attached hydrogens (primary N) is 1. The quantitative estimate of drug-likeness (QED) is 0.566. The lowest BCUT2D eigenvalue weighted by molar-refractivity contribution is 0.580. The summed E-state index contributed by atoms with van der Waals surface area (Å²) in [6.07, 6.45) is 3.75. The second kappa shape index (κ2) is 4.12. The third-order valence-electron chi connectivity index (χ3n) is 0.496. The van der Waals surface area contributed by atoms with Gasteiger partial charge in [-0.05, 0) is 32.9 Å². The van der Waals surface area contributed by atoms with Gasteiger partial charge in [-0.25, -0.2) is 0 Å². The summed E-state index contributed by atoms with van der Waals surface area (Å²) >= 11 is 0. The smallest absolute Gasteiger partial charge is 0.00686 e. The maximum absolute atomic E-state index is 5.35. The Morgan fingerprint density at radius 3 is 1.50 bits per heavy atom. The number of hydrogen-bond donors (Lipinski definition) is 2. The Morgan fingerprint density at radius 2 is 1.40 bits per heavy atom. The predicted molar refractivity (Wildman–Crippen MR) is 44.7 cm³/mol. The molecule has 1 heterocycles. The topological polar surface area (TPSA) is 41.8 Å². The van der Waals surface area contributed by atoms with E-state index in [2.05, 4.69) is 4.98 Å². The van der Waals surface area contributed by atoms with Crippen LogP contribution < -0.4 is 5.73 Å². The van der Waals surface area contributed by atoms with Crippen molar-refractivity contribution in [3.63, 3.8) is 0 Å². The van der Waals surface area contributed by atoms with Crippen molar-refractivity contribution in [2.24, 2.45) is 5.73 Å². The van der Waals surface area contributed by atoms with Gasteiger partial charge in [-0.15, -0.1) is 0 Å². The highest BCUT2D eigenvalue weighted by molar-refractivity contribution is 4.84. The van der Waals surface area contributed by atoms with E-state index in [-0.39, 0.29) is 5.54 Å². The standard InChI is InChI=1S/C4H5N.C4H11N/c1-2-4-5-3-1;1-4(2,3)5/h1-5H;5H2,1-3H3. The molecule has 0 aliphatic carbocycles. The Labute approximate surface area is 62.4 Å². The Kier molecular flexibility index (Phi) is 3.81. The van der Waals surface area contributed by atoms with E-state index in [0.717, 1.165) is 0 Å². The molecule has 0 radical (unpaired) electrons. The van der Waals surface area contributed by atoms with Crippen LogP contribution >= 0.6 is 0 Å². The maximum atomic E-state index is 5.35. The molecule has 0 aliphatic heterocycles. The number of nitrogens with one attached hydrogen (secondary N) is 1. The summed E-state index contributed by atoms with van der Waals surface area (Å²) in [5.74, 6) is 0. The van der Waals surface area contributed by atoms with Gasteiger partial charge in [0.25, 0.3) is 0 Å². The molecule has 0 atom stereocenters. The van der Waals surface area contributed by atoms with Crippen LogP contribution in [-0.4, -0.2) is 10.5 Å². The molecule has 0 unspecified atom stereocenters. The van der Waals surface area contributed by atoms with Gasteiger partial charge in [-0.3, -0.25) is 0 Å². The highest BCUT2D eigenvalue weighted by atomic mass is 14.7. The fourth-order valence-corrected chi connectivity index (χ4v) is 0.278. The molecule has 1 aromatic rings. The summed E-state index contributed by atoms with van der Waals surface area (Å²) < 4.78 is 0. The molecule has 0 bridgehead atoms. The molecule has 0 saturated heterocycles. The van der Waals surface area contributed by atoms with Crippen molar-refractivity contribution in [3.8, 4) is 0 Å². The first-order chi connectivity index (χ1) is 4.50. The molecule has 58 valence electrons. The monoisotopic (exact) mass is 140 g/mol. The largest absolute Gasteiger partial charge is 0.368 e. The van der Waals surface area contributed by atoms with Crippen molar-refractivity contribution >= 4 is 0 Å². The van der Waals surface area contributed by atoms with Crippen LogP contribution in [0, 0.1) is 0 Å². The third-order valence-corrected chi connectivity index (χ3v) is 0.496. The van der Waals surface area contributed by atoms with Crippen LogP contribution in [-0.2, 0) is 0 Å². The second-order valence-electron chi connectivity index (χ2n) is 3.25. The van der Waals surface area contributed by atoms with Crippen LogP contribution in [0.1, 0.15) is 20.8 Å². The summed E-state index contributed by atoms with van der Waals surface area (Å²) in [5, 5.41) is 0. The van der Waals surface area contributed by atoms with Crippen molar-refractivity contribution in [2.75, 3.05) is 0 Å². The van der Waals surface area contributed by atoms with Crippen LogP contribution in [0.4, 0.5) is 0 Å². The SMILES string of the molecule is CC(C)(C)N.c1cc[nH]c1. The van der Waals surface area contributed by atoms with Gasteiger partial charge in [0.2, 0.25) is 0 Å².